The number of carbonyl (C=O) groups is 1. The number of fused-ring (bicyclic) bond motifs is 1. The van der Waals surface area contributed by atoms with Crippen molar-refractivity contribution in [3.63, 3.8) is 0 Å². The molecule has 1 fully saturated rings. The number of alkyl halides is 4. The number of primary amides is 1. The average molecular weight is 363 g/mol. The first-order chi connectivity index (χ1) is 11.8. The highest BCUT2D eigenvalue weighted by Gasteiger charge is 2.43. The highest BCUT2D eigenvalue weighted by Crippen LogP contribution is 2.36. The number of hydrogen-bond donors (Lipinski definition) is 1. The predicted octanol–water partition coefficient (Wildman–Crippen LogP) is 1.10. The van der Waals surface area contributed by atoms with Gasteiger partial charge in [0, 0.05) is 19.3 Å². The summed E-state index contributed by atoms with van der Waals surface area (Å²) in [6.45, 7) is -2.35. The Hall–Kier alpha value is -2.30. The number of carbonyl (C=O) groups excluding carboxylic acids is 1. The Labute approximate surface area is 140 Å². The van der Waals surface area contributed by atoms with Gasteiger partial charge in [0.25, 0.3) is 11.8 Å². The molecule has 3 heterocycles. The van der Waals surface area contributed by atoms with Crippen molar-refractivity contribution >= 4 is 23.6 Å². The number of rotatable bonds is 7. The molecule has 25 heavy (non-hydrogen) atoms. The molecule has 7 nitrogen and oxygen atoms in total. The zero-order valence-corrected chi connectivity index (χ0v) is 13.2. The number of nitrogens with zero attached hydrogens (tertiary/aromatic N) is 4. The molecular formula is C14H17F4N5O2. The molecule has 11 heteroatoms. The van der Waals surface area contributed by atoms with E-state index in [9.17, 15) is 22.4 Å². The molecule has 2 N–H and O–H groups in total. The molecule has 0 saturated carbocycles. The van der Waals surface area contributed by atoms with Crippen LogP contribution >= 0.6 is 0 Å². The quantitative estimate of drug-likeness (QED) is 0.736. The van der Waals surface area contributed by atoms with Gasteiger partial charge >= 0.3 is 6.61 Å². The Bertz CT molecular complexity index is 683. The van der Waals surface area contributed by atoms with Crippen LogP contribution in [-0.4, -0.2) is 67.0 Å². The van der Waals surface area contributed by atoms with Crippen LogP contribution in [-0.2, 0) is 0 Å². The summed E-state index contributed by atoms with van der Waals surface area (Å²) in [6.07, 6.45) is 3.13. The molecular weight excluding hydrogens is 346 g/mol. The van der Waals surface area contributed by atoms with Crippen LogP contribution in [0.15, 0.2) is 11.2 Å². The molecule has 1 saturated heterocycles. The Balaban J connectivity index is 1.70. The van der Waals surface area contributed by atoms with Gasteiger partial charge in [0.2, 0.25) is 0 Å². The first kappa shape index (κ1) is 17.5. The van der Waals surface area contributed by atoms with Crippen molar-refractivity contribution in [2.24, 2.45) is 10.7 Å². The summed E-state index contributed by atoms with van der Waals surface area (Å²) in [4.78, 5) is 23.3. The number of aliphatic imine (C=N–C) groups is 1. The number of aromatic nitrogens is 1. The molecule has 0 aliphatic carbocycles. The van der Waals surface area contributed by atoms with Gasteiger partial charge in [0.05, 0.1) is 37.1 Å². The molecule has 0 aromatic carbocycles. The fourth-order valence-electron chi connectivity index (χ4n) is 3.01. The lowest BCUT2D eigenvalue weighted by molar-refractivity contribution is -0.131. The van der Waals surface area contributed by atoms with E-state index in [1.54, 1.807) is 9.80 Å². The van der Waals surface area contributed by atoms with Crippen molar-refractivity contribution in [1.82, 2.24) is 9.63 Å². The molecule has 1 aromatic rings. The maximum Gasteiger partial charge on any atom is 0.405 e. The summed E-state index contributed by atoms with van der Waals surface area (Å²) in [5, 5.41) is 0. The van der Waals surface area contributed by atoms with E-state index in [0.29, 0.717) is 31.7 Å². The Morgan fingerprint density at radius 3 is 2.68 bits per heavy atom. The minimum Gasteiger partial charge on any atom is -0.365 e. The van der Waals surface area contributed by atoms with Crippen LogP contribution < -0.4 is 15.5 Å². The van der Waals surface area contributed by atoms with E-state index in [1.165, 1.54) is 6.21 Å². The molecule has 0 atom stereocenters. The lowest BCUT2D eigenvalue weighted by atomic mass is 10.1. The molecule has 0 radical (unpaired) electrons. The second kappa shape index (κ2) is 6.54. The van der Waals surface area contributed by atoms with E-state index in [1.807, 2.05) is 0 Å². The van der Waals surface area contributed by atoms with Crippen LogP contribution in [0.1, 0.15) is 16.8 Å². The smallest absolute Gasteiger partial charge is 0.365 e. The monoisotopic (exact) mass is 363 g/mol. The van der Waals surface area contributed by atoms with Gasteiger partial charge in [-0.1, -0.05) is 0 Å². The number of halogens is 4. The van der Waals surface area contributed by atoms with Crippen LogP contribution in [0.25, 0.3) is 0 Å². The standard InChI is InChI=1S/C14H17F4N5O2/c15-13(16)25-23-6-9(11(19)24)10-12(23)20-2-5-22(10)4-1-3-21-7-14(17,18)8-21/h2,6,13H,1,3-5,7-8H2,(H2,19,24). The second-order valence-corrected chi connectivity index (χ2v) is 5.95. The van der Waals surface area contributed by atoms with Crippen LogP contribution in [0.4, 0.5) is 29.1 Å². The molecule has 1 amide bonds. The fourth-order valence-corrected chi connectivity index (χ4v) is 3.01. The topological polar surface area (TPSA) is 76.1 Å². The molecule has 3 rings (SSSR count). The first-order valence-electron chi connectivity index (χ1n) is 7.65. The van der Waals surface area contributed by atoms with Gasteiger partial charge in [0.15, 0.2) is 5.82 Å². The van der Waals surface area contributed by atoms with E-state index < -0.39 is 18.4 Å². The van der Waals surface area contributed by atoms with Crippen molar-refractivity contribution in [3.05, 3.63) is 11.8 Å². The van der Waals surface area contributed by atoms with Crippen molar-refractivity contribution in [1.29, 1.82) is 0 Å². The van der Waals surface area contributed by atoms with Crippen LogP contribution in [0.5, 0.6) is 0 Å². The second-order valence-electron chi connectivity index (χ2n) is 5.95. The zero-order valence-electron chi connectivity index (χ0n) is 13.2. The molecule has 1 aromatic heterocycles. The van der Waals surface area contributed by atoms with Gasteiger partial charge in [-0.3, -0.25) is 9.69 Å². The molecule has 138 valence electrons. The number of likely N-dealkylation sites (tertiary alicyclic amines) is 1. The maximum atomic E-state index is 12.8. The number of nitrogens with two attached hydrogens (primary N) is 1. The number of amides is 1. The fraction of sp³-hybridized carbons (Fsp3) is 0.571. The van der Waals surface area contributed by atoms with Crippen molar-refractivity contribution in [2.75, 3.05) is 37.6 Å². The minimum absolute atomic E-state index is 0.0167. The van der Waals surface area contributed by atoms with E-state index in [0.717, 1.165) is 10.9 Å². The van der Waals surface area contributed by atoms with Crippen LogP contribution in [0.3, 0.4) is 0 Å². The van der Waals surface area contributed by atoms with Gasteiger partial charge in [-0.05, 0) is 6.42 Å². The SMILES string of the molecule is NC(=O)c1cn(OC(F)F)c2c1N(CCCN1CC(F)(F)C1)CC=N2. The van der Waals surface area contributed by atoms with Crippen LogP contribution in [0, 0.1) is 0 Å². The first-order valence-corrected chi connectivity index (χ1v) is 7.65. The van der Waals surface area contributed by atoms with Gasteiger partial charge in [0.1, 0.15) is 0 Å². The summed E-state index contributed by atoms with van der Waals surface area (Å²) < 4.78 is 51.4. The molecule has 2 aliphatic rings. The molecule has 2 aliphatic heterocycles. The lowest BCUT2D eigenvalue weighted by Gasteiger charge is -2.39. The lowest BCUT2D eigenvalue weighted by Crippen LogP contribution is -2.56. The van der Waals surface area contributed by atoms with E-state index in [2.05, 4.69) is 9.83 Å². The van der Waals surface area contributed by atoms with Crippen molar-refractivity contribution in [3.8, 4) is 0 Å². The summed E-state index contributed by atoms with van der Waals surface area (Å²) in [5.74, 6) is -3.36. The Morgan fingerprint density at radius 2 is 2.08 bits per heavy atom. The highest BCUT2D eigenvalue weighted by molar-refractivity contribution is 6.03. The van der Waals surface area contributed by atoms with Gasteiger partial charge in [-0.2, -0.15) is 13.5 Å². The van der Waals surface area contributed by atoms with Crippen LogP contribution in [0.2, 0.25) is 0 Å². The van der Waals surface area contributed by atoms with Crippen molar-refractivity contribution < 1.29 is 27.2 Å². The third-order valence-electron chi connectivity index (χ3n) is 4.02. The Kier molecular flexibility index (Phi) is 4.58. The normalized spacial score (nSPS) is 19.0. The van der Waals surface area contributed by atoms with E-state index in [4.69, 9.17) is 5.73 Å². The molecule has 0 spiro atoms. The van der Waals surface area contributed by atoms with E-state index >= 15 is 0 Å². The highest BCUT2D eigenvalue weighted by atomic mass is 19.3. The summed E-state index contributed by atoms with van der Waals surface area (Å²) in [7, 11) is 0. The van der Waals surface area contributed by atoms with Gasteiger partial charge in [-0.15, -0.1) is 0 Å². The van der Waals surface area contributed by atoms with Gasteiger partial charge < -0.3 is 15.5 Å². The molecule has 0 bridgehead atoms. The zero-order chi connectivity index (χ0) is 18.2. The number of hydrogen-bond acceptors (Lipinski definition) is 5. The summed E-state index contributed by atoms with van der Waals surface area (Å²) >= 11 is 0. The largest absolute Gasteiger partial charge is 0.405 e. The summed E-state index contributed by atoms with van der Waals surface area (Å²) in [6, 6.07) is 0. The minimum atomic E-state index is -3.09. The van der Waals surface area contributed by atoms with Crippen molar-refractivity contribution in [2.45, 2.75) is 19.0 Å². The maximum absolute atomic E-state index is 12.8. The Morgan fingerprint density at radius 1 is 1.36 bits per heavy atom. The van der Waals surface area contributed by atoms with E-state index in [-0.39, 0.29) is 24.5 Å². The predicted molar refractivity (Wildman–Crippen MR) is 81.9 cm³/mol. The third kappa shape index (κ3) is 3.70. The third-order valence-corrected chi connectivity index (χ3v) is 4.02. The number of anilines is 1. The average Bonchev–Trinajstić information content (AvgIpc) is 2.84. The summed E-state index contributed by atoms with van der Waals surface area (Å²) in [5.41, 5.74) is 5.64. The molecule has 0 unspecified atom stereocenters. The van der Waals surface area contributed by atoms with Gasteiger partial charge in [-0.25, -0.2) is 13.8 Å².